The molecule has 3 rings (SSSR count). The molecule has 1 heterocycles. The summed E-state index contributed by atoms with van der Waals surface area (Å²) in [6.07, 6.45) is 5.23. The quantitative estimate of drug-likeness (QED) is 0.826. The second kappa shape index (κ2) is 6.52. The maximum absolute atomic E-state index is 12.1. The minimum Gasteiger partial charge on any atom is -0.339 e. The summed E-state index contributed by atoms with van der Waals surface area (Å²) in [7, 11) is 0. The van der Waals surface area contributed by atoms with Gasteiger partial charge in [0.2, 0.25) is 5.89 Å². The first-order valence-electron chi connectivity index (χ1n) is 7.29. The third-order valence-corrected chi connectivity index (χ3v) is 4.39. The second-order valence-corrected chi connectivity index (χ2v) is 6.45. The van der Waals surface area contributed by atoms with Crippen LogP contribution in [0.3, 0.4) is 0 Å². The van der Waals surface area contributed by atoms with Crippen LogP contribution in [0.4, 0.5) is 0 Å². The number of halogens is 1. The second-order valence-electron chi connectivity index (χ2n) is 5.54. The van der Waals surface area contributed by atoms with Crippen molar-refractivity contribution in [3.8, 4) is 0 Å². The lowest BCUT2D eigenvalue weighted by Gasteiger charge is -2.04. The minimum atomic E-state index is 0.199. The summed E-state index contributed by atoms with van der Waals surface area (Å²) in [5.41, 5.74) is 1.11. The number of rotatable bonds is 5. The van der Waals surface area contributed by atoms with Crippen molar-refractivity contribution < 1.29 is 9.32 Å². The molecular weight excluding hydrogens is 332 g/mol. The molecule has 1 fully saturated rings. The minimum absolute atomic E-state index is 0.199. The lowest BCUT2D eigenvalue weighted by atomic mass is 10.0. The van der Waals surface area contributed by atoms with E-state index < -0.39 is 0 Å². The van der Waals surface area contributed by atoms with Crippen LogP contribution < -0.4 is 0 Å². The maximum atomic E-state index is 12.1. The fourth-order valence-electron chi connectivity index (χ4n) is 2.80. The van der Waals surface area contributed by atoms with Crippen molar-refractivity contribution in [2.45, 2.75) is 38.5 Å². The third-order valence-electron chi connectivity index (χ3n) is 3.90. The van der Waals surface area contributed by atoms with E-state index in [0.717, 1.165) is 35.7 Å². The number of benzene rings is 1. The monoisotopic (exact) mass is 348 g/mol. The Balaban J connectivity index is 1.62. The fraction of sp³-hybridized carbons (Fsp3) is 0.438. The standard InChI is InChI=1S/C16H17BrN2O2/c17-13-7-3-4-11(8-13)9-15-18-16(21-19-15)10-14(20)12-5-1-2-6-12/h3-4,7-8,12H,1-2,5-6,9-10H2. The number of carbonyl (C=O) groups excluding carboxylic acids is 1. The van der Waals surface area contributed by atoms with Crippen LogP contribution in [0.2, 0.25) is 0 Å². The van der Waals surface area contributed by atoms with E-state index in [2.05, 4.69) is 26.1 Å². The van der Waals surface area contributed by atoms with Crippen LogP contribution in [0.5, 0.6) is 0 Å². The van der Waals surface area contributed by atoms with Gasteiger partial charge in [-0.05, 0) is 30.5 Å². The first kappa shape index (κ1) is 14.4. The van der Waals surface area contributed by atoms with Gasteiger partial charge in [-0.15, -0.1) is 0 Å². The molecule has 0 radical (unpaired) electrons. The molecule has 0 spiro atoms. The van der Waals surface area contributed by atoms with Crippen molar-refractivity contribution in [1.29, 1.82) is 0 Å². The van der Waals surface area contributed by atoms with Crippen molar-refractivity contribution >= 4 is 21.7 Å². The van der Waals surface area contributed by atoms with Crippen LogP contribution in [0.25, 0.3) is 0 Å². The van der Waals surface area contributed by atoms with Crippen LogP contribution in [0.1, 0.15) is 43.0 Å². The molecule has 21 heavy (non-hydrogen) atoms. The van der Waals surface area contributed by atoms with Crippen molar-refractivity contribution in [3.63, 3.8) is 0 Å². The predicted molar refractivity (Wildman–Crippen MR) is 81.9 cm³/mol. The van der Waals surface area contributed by atoms with E-state index in [1.165, 1.54) is 0 Å². The Labute approximate surface area is 132 Å². The lowest BCUT2D eigenvalue weighted by molar-refractivity contribution is -0.122. The van der Waals surface area contributed by atoms with Crippen molar-refractivity contribution in [2.24, 2.45) is 5.92 Å². The molecule has 1 aliphatic carbocycles. The molecule has 1 saturated carbocycles. The predicted octanol–water partition coefficient (Wildman–Crippen LogP) is 3.72. The molecule has 4 nitrogen and oxygen atoms in total. The van der Waals surface area contributed by atoms with E-state index in [-0.39, 0.29) is 18.1 Å². The molecule has 0 amide bonds. The van der Waals surface area contributed by atoms with Crippen molar-refractivity contribution in [1.82, 2.24) is 10.1 Å². The van der Waals surface area contributed by atoms with Gasteiger partial charge in [0.1, 0.15) is 5.78 Å². The number of ketones is 1. The average Bonchev–Trinajstić information content (AvgIpc) is 3.10. The highest BCUT2D eigenvalue weighted by Gasteiger charge is 2.24. The molecule has 1 aromatic heterocycles. The van der Waals surface area contributed by atoms with Gasteiger partial charge in [0.25, 0.3) is 0 Å². The van der Waals surface area contributed by atoms with Gasteiger partial charge in [0.05, 0.1) is 6.42 Å². The van der Waals surface area contributed by atoms with E-state index in [1.54, 1.807) is 0 Å². The fourth-order valence-corrected chi connectivity index (χ4v) is 3.25. The summed E-state index contributed by atoms with van der Waals surface area (Å²) in [5.74, 6) is 1.51. The Kier molecular flexibility index (Phi) is 4.48. The molecule has 0 saturated heterocycles. The molecular formula is C16H17BrN2O2. The Bertz CT molecular complexity index is 633. The molecule has 2 aromatic rings. The van der Waals surface area contributed by atoms with Gasteiger partial charge in [-0.1, -0.05) is 46.1 Å². The highest BCUT2D eigenvalue weighted by atomic mass is 79.9. The summed E-state index contributed by atoms with van der Waals surface area (Å²) < 4.78 is 6.23. The number of carbonyl (C=O) groups is 1. The van der Waals surface area contributed by atoms with Gasteiger partial charge in [-0.2, -0.15) is 4.98 Å². The molecule has 0 unspecified atom stereocenters. The van der Waals surface area contributed by atoms with Gasteiger partial charge in [-0.3, -0.25) is 4.79 Å². The van der Waals surface area contributed by atoms with Crippen LogP contribution in [-0.2, 0) is 17.6 Å². The van der Waals surface area contributed by atoms with Crippen LogP contribution in [-0.4, -0.2) is 15.9 Å². The van der Waals surface area contributed by atoms with Crippen LogP contribution in [0.15, 0.2) is 33.3 Å². The Morgan fingerprint density at radius 2 is 2.14 bits per heavy atom. The van der Waals surface area contributed by atoms with Gasteiger partial charge in [0.15, 0.2) is 5.82 Å². The highest BCUT2D eigenvalue weighted by molar-refractivity contribution is 9.10. The molecule has 0 aliphatic heterocycles. The summed E-state index contributed by atoms with van der Waals surface area (Å²) >= 11 is 3.44. The molecule has 0 N–H and O–H groups in total. The zero-order chi connectivity index (χ0) is 14.7. The van der Waals surface area contributed by atoms with Crippen molar-refractivity contribution in [3.05, 3.63) is 46.0 Å². The van der Waals surface area contributed by atoms with E-state index in [4.69, 9.17) is 4.52 Å². The Morgan fingerprint density at radius 1 is 1.33 bits per heavy atom. The summed E-state index contributed by atoms with van der Waals surface area (Å²) in [4.78, 5) is 16.4. The number of Topliss-reactive ketones (excluding diaryl/α,β-unsaturated/α-hetero) is 1. The van der Waals surface area contributed by atoms with E-state index in [9.17, 15) is 4.79 Å². The first-order valence-corrected chi connectivity index (χ1v) is 8.08. The van der Waals surface area contributed by atoms with Gasteiger partial charge >= 0.3 is 0 Å². The molecule has 1 aromatic carbocycles. The summed E-state index contributed by atoms with van der Waals surface area (Å²) in [5, 5.41) is 3.97. The normalized spacial score (nSPS) is 15.5. The number of hydrogen-bond acceptors (Lipinski definition) is 4. The topological polar surface area (TPSA) is 56.0 Å². The maximum Gasteiger partial charge on any atom is 0.234 e. The number of nitrogens with zero attached hydrogens (tertiary/aromatic N) is 2. The van der Waals surface area contributed by atoms with Crippen LogP contribution in [0, 0.1) is 5.92 Å². The van der Waals surface area contributed by atoms with E-state index in [0.29, 0.717) is 18.1 Å². The van der Waals surface area contributed by atoms with Gasteiger partial charge in [-0.25, -0.2) is 0 Å². The van der Waals surface area contributed by atoms with Crippen molar-refractivity contribution in [2.75, 3.05) is 0 Å². The van der Waals surface area contributed by atoms with Gasteiger partial charge in [0, 0.05) is 16.8 Å². The van der Waals surface area contributed by atoms with E-state index >= 15 is 0 Å². The Morgan fingerprint density at radius 3 is 2.90 bits per heavy atom. The van der Waals surface area contributed by atoms with E-state index in [1.807, 2.05) is 24.3 Å². The first-order chi connectivity index (χ1) is 10.2. The largest absolute Gasteiger partial charge is 0.339 e. The molecule has 1 aliphatic rings. The third kappa shape index (κ3) is 3.79. The molecule has 5 heteroatoms. The SMILES string of the molecule is O=C(Cc1nc(Cc2cccc(Br)c2)no1)C1CCCC1. The number of hydrogen-bond donors (Lipinski definition) is 0. The Hall–Kier alpha value is -1.49. The zero-order valence-corrected chi connectivity index (χ0v) is 13.3. The zero-order valence-electron chi connectivity index (χ0n) is 11.7. The molecule has 0 atom stereocenters. The van der Waals surface area contributed by atoms with Gasteiger partial charge < -0.3 is 4.52 Å². The molecule has 110 valence electrons. The average molecular weight is 349 g/mol. The molecule has 0 bridgehead atoms. The summed E-state index contributed by atoms with van der Waals surface area (Å²) in [6.45, 7) is 0. The smallest absolute Gasteiger partial charge is 0.234 e. The summed E-state index contributed by atoms with van der Waals surface area (Å²) in [6, 6.07) is 8.00. The number of aromatic nitrogens is 2. The lowest BCUT2D eigenvalue weighted by Crippen LogP contribution is -2.13. The highest BCUT2D eigenvalue weighted by Crippen LogP contribution is 2.26. The van der Waals surface area contributed by atoms with Crippen LogP contribution >= 0.6 is 15.9 Å².